The molecule has 1 atom stereocenters. The van der Waals surface area contributed by atoms with Crippen LogP contribution in [-0.2, 0) is 6.42 Å². The Balaban J connectivity index is 1.86. The van der Waals surface area contributed by atoms with Crippen molar-refractivity contribution in [2.75, 3.05) is 0 Å². The molecule has 0 saturated heterocycles. The first-order chi connectivity index (χ1) is 9.78. The van der Waals surface area contributed by atoms with E-state index in [1.165, 1.54) is 15.3 Å². The maximum atomic E-state index is 4.45. The van der Waals surface area contributed by atoms with Crippen molar-refractivity contribution in [3.8, 4) is 5.69 Å². The molecule has 1 aromatic carbocycles. The summed E-state index contributed by atoms with van der Waals surface area (Å²) in [6, 6.07) is 14.6. The summed E-state index contributed by atoms with van der Waals surface area (Å²) >= 11 is 5.64. The van der Waals surface area contributed by atoms with Gasteiger partial charge in [0.05, 0.1) is 16.7 Å². The van der Waals surface area contributed by atoms with Gasteiger partial charge in [0, 0.05) is 21.5 Å². The number of rotatable bonds is 4. The maximum Gasteiger partial charge on any atom is 0.0768 e. The zero-order valence-corrected chi connectivity index (χ0v) is 13.6. The van der Waals surface area contributed by atoms with Gasteiger partial charge in [-0.2, -0.15) is 5.10 Å². The zero-order chi connectivity index (χ0) is 13.9. The molecule has 0 amide bonds. The number of alkyl halides is 1. The van der Waals surface area contributed by atoms with Crippen LogP contribution < -0.4 is 0 Å². The Morgan fingerprint density at radius 3 is 2.70 bits per heavy atom. The van der Waals surface area contributed by atoms with Crippen LogP contribution in [0.3, 0.4) is 0 Å². The molecule has 3 rings (SSSR count). The molecule has 2 aromatic heterocycles. The number of para-hydroxylation sites is 1. The van der Waals surface area contributed by atoms with Crippen LogP contribution in [0.5, 0.6) is 0 Å². The van der Waals surface area contributed by atoms with Gasteiger partial charge in [-0.25, -0.2) is 4.68 Å². The van der Waals surface area contributed by atoms with Crippen LogP contribution in [0, 0.1) is 0 Å². The fourth-order valence-corrected chi connectivity index (χ4v) is 3.70. The summed E-state index contributed by atoms with van der Waals surface area (Å²) < 4.78 is 1.91. The van der Waals surface area contributed by atoms with Gasteiger partial charge in [0.15, 0.2) is 0 Å². The quantitative estimate of drug-likeness (QED) is 0.609. The first-order valence-corrected chi connectivity index (χ1v) is 8.34. The lowest BCUT2D eigenvalue weighted by Crippen LogP contribution is -1.93. The number of aromatic nitrogens is 2. The van der Waals surface area contributed by atoms with Gasteiger partial charge in [0.25, 0.3) is 0 Å². The highest BCUT2D eigenvalue weighted by atomic mass is 79.9. The van der Waals surface area contributed by atoms with Crippen LogP contribution in [0.4, 0.5) is 0 Å². The van der Waals surface area contributed by atoms with Gasteiger partial charge in [0.2, 0.25) is 0 Å². The van der Waals surface area contributed by atoms with Crippen LogP contribution in [0.1, 0.15) is 27.1 Å². The Morgan fingerprint density at radius 2 is 2.00 bits per heavy atom. The number of halogens is 1. The molecule has 102 valence electrons. The molecule has 1 unspecified atom stereocenters. The van der Waals surface area contributed by atoms with Crippen molar-refractivity contribution < 1.29 is 0 Å². The average molecular weight is 347 g/mol. The lowest BCUT2D eigenvalue weighted by Gasteiger charge is -2.04. The van der Waals surface area contributed by atoms with Crippen molar-refractivity contribution in [2.45, 2.75) is 18.2 Å². The second-order valence-corrected chi connectivity index (χ2v) is 6.69. The molecule has 0 aliphatic carbocycles. The Hall–Kier alpha value is -1.39. The molecule has 3 aromatic rings. The van der Waals surface area contributed by atoms with E-state index in [4.69, 9.17) is 0 Å². The third-order valence-electron chi connectivity index (χ3n) is 3.20. The summed E-state index contributed by atoms with van der Waals surface area (Å²) in [5.74, 6) is 0. The fourth-order valence-electron chi connectivity index (χ4n) is 2.07. The van der Waals surface area contributed by atoms with Crippen LogP contribution in [0.25, 0.3) is 5.69 Å². The molecule has 20 heavy (non-hydrogen) atoms. The third kappa shape index (κ3) is 2.72. The highest BCUT2D eigenvalue weighted by molar-refractivity contribution is 9.09. The first kappa shape index (κ1) is 13.6. The van der Waals surface area contributed by atoms with Crippen molar-refractivity contribution in [3.63, 3.8) is 0 Å². The number of thiophene rings is 1. The predicted octanol–water partition coefficient (Wildman–Crippen LogP) is 4.98. The minimum absolute atomic E-state index is 0.213. The zero-order valence-electron chi connectivity index (χ0n) is 11.2. The largest absolute Gasteiger partial charge is 0.241 e. The molecule has 0 spiro atoms. The van der Waals surface area contributed by atoms with Crippen molar-refractivity contribution >= 4 is 27.3 Å². The number of benzene rings is 1. The molecule has 2 heterocycles. The molecule has 0 saturated carbocycles. The summed E-state index contributed by atoms with van der Waals surface area (Å²) in [6.07, 6.45) is 5.10. The standard InChI is InChI=1S/C16H15BrN2S/c1-2-14-8-9-15(20-14)16(17)12-10-18-19(11-12)13-6-4-3-5-7-13/h3-11,16H,2H2,1H3. The van der Waals surface area contributed by atoms with Gasteiger partial charge in [-0.05, 0) is 30.7 Å². The molecular formula is C16H15BrN2S. The number of nitrogens with zero attached hydrogens (tertiary/aromatic N) is 2. The average Bonchev–Trinajstić information content (AvgIpc) is 3.17. The van der Waals surface area contributed by atoms with Crippen LogP contribution in [-0.4, -0.2) is 9.78 Å². The van der Waals surface area contributed by atoms with E-state index in [9.17, 15) is 0 Å². The van der Waals surface area contributed by atoms with E-state index in [2.05, 4.69) is 58.4 Å². The molecule has 4 heteroatoms. The smallest absolute Gasteiger partial charge is 0.0768 e. The van der Waals surface area contributed by atoms with Gasteiger partial charge in [0.1, 0.15) is 0 Å². The van der Waals surface area contributed by atoms with Crippen LogP contribution in [0.15, 0.2) is 54.9 Å². The van der Waals surface area contributed by atoms with Gasteiger partial charge in [-0.1, -0.05) is 41.1 Å². The first-order valence-electron chi connectivity index (χ1n) is 6.60. The van der Waals surface area contributed by atoms with E-state index in [0.717, 1.165) is 12.1 Å². The highest BCUT2D eigenvalue weighted by Gasteiger charge is 2.15. The Bertz CT molecular complexity index is 687. The number of aryl methyl sites for hydroxylation is 1. The van der Waals surface area contributed by atoms with Gasteiger partial charge in [-0.15, -0.1) is 11.3 Å². The summed E-state index contributed by atoms with van der Waals surface area (Å²) in [7, 11) is 0. The molecule has 0 fully saturated rings. The normalized spacial score (nSPS) is 12.5. The molecule has 0 aliphatic heterocycles. The predicted molar refractivity (Wildman–Crippen MR) is 88.0 cm³/mol. The third-order valence-corrected chi connectivity index (χ3v) is 5.82. The summed E-state index contributed by atoms with van der Waals surface area (Å²) in [5.41, 5.74) is 2.26. The van der Waals surface area contributed by atoms with Crippen LogP contribution in [0.2, 0.25) is 0 Å². The van der Waals surface area contributed by atoms with E-state index >= 15 is 0 Å². The van der Waals surface area contributed by atoms with Crippen molar-refractivity contribution in [1.82, 2.24) is 9.78 Å². The maximum absolute atomic E-state index is 4.45. The number of hydrogen-bond donors (Lipinski definition) is 0. The topological polar surface area (TPSA) is 17.8 Å². The summed E-state index contributed by atoms with van der Waals surface area (Å²) in [6.45, 7) is 2.19. The van der Waals surface area contributed by atoms with Gasteiger partial charge in [-0.3, -0.25) is 0 Å². The Morgan fingerprint density at radius 1 is 1.20 bits per heavy atom. The molecule has 0 aliphatic rings. The van der Waals surface area contributed by atoms with E-state index < -0.39 is 0 Å². The van der Waals surface area contributed by atoms with E-state index in [-0.39, 0.29) is 4.83 Å². The van der Waals surface area contributed by atoms with Crippen molar-refractivity contribution in [2.24, 2.45) is 0 Å². The summed E-state index contributed by atoms with van der Waals surface area (Å²) in [5, 5.41) is 4.45. The van der Waals surface area contributed by atoms with Crippen molar-refractivity contribution in [3.05, 3.63) is 70.2 Å². The summed E-state index contributed by atoms with van der Waals surface area (Å²) in [4.78, 5) is 2.96. The second kappa shape index (κ2) is 5.94. The number of hydrogen-bond acceptors (Lipinski definition) is 2. The van der Waals surface area contributed by atoms with E-state index in [1.807, 2.05) is 40.4 Å². The highest BCUT2D eigenvalue weighted by Crippen LogP contribution is 2.35. The molecular weight excluding hydrogens is 332 g/mol. The second-order valence-electron chi connectivity index (χ2n) is 4.57. The molecule has 0 N–H and O–H groups in total. The van der Waals surface area contributed by atoms with Crippen LogP contribution >= 0.6 is 27.3 Å². The molecule has 2 nitrogen and oxygen atoms in total. The van der Waals surface area contributed by atoms with E-state index in [1.54, 1.807) is 0 Å². The fraction of sp³-hybridized carbons (Fsp3) is 0.188. The lowest BCUT2D eigenvalue weighted by molar-refractivity contribution is 0.880. The minimum atomic E-state index is 0.213. The van der Waals surface area contributed by atoms with Crippen molar-refractivity contribution in [1.29, 1.82) is 0 Å². The van der Waals surface area contributed by atoms with E-state index in [0.29, 0.717) is 0 Å². The Labute approximate surface area is 131 Å². The Kier molecular flexibility index (Phi) is 4.03. The molecule has 0 bridgehead atoms. The monoisotopic (exact) mass is 346 g/mol. The minimum Gasteiger partial charge on any atom is -0.241 e. The van der Waals surface area contributed by atoms with Gasteiger partial charge < -0.3 is 0 Å². The SMILES string of the molecule is CCc1ccc(C(Br)c2cnn(-c3ccccc3)c2)s1. The lowest BCUT2D eigenvalue weighted by atomic mass is 10.2. The van der Waals surface area contributed by atoms with Gasteiger partial charge >= 0.3 is 0 Å². The molecule has 0 radical (unpaired) electrons.